The Hall–Kier alpha value is -2.57. The van der Waals surface area contributed by atoms with Gasteiger partial charge >= 0.3 is 24.3 Å². The molecule has 0 amide bonds. The number of hydrogen-bond donors (Lipinski definition) is 3. The molecule has 0 bridgehead atoms. The number of aromatic nitrogens is 1. The molecule has 0 unspecified atom stereocenters. The third kappa shape index (κ3) is 7.40. The van der Waals surface area contributed by atoms with Crippen molar-refractivity contribution in [3.05, 3.63) is 23.5 Å². The summed E-state index contributed by atoms with van der Waals surface area (Å²) in [5, 5.41) is 17.6. The number of hydrogen-bond acceptors (Lipinski definition) is 5. The molecule has 0 atom stereocenters. The Bertz CT molecular complexity index is 695. The number of alkyl halides is 6. The van der Waals surface area contributed by atoms with Gasteiger partial charge in [-0.1, -0.05) is 0 Å². The molecule has 2 aliphatic heterocycles. The number of carbonyl (C=O) groups is 2. The largest absolute Gasteiger partial charge is 0.490 e. The Morgan fingerprint density at radius 3 is 1.55 bits per heavy atom. The SMILES string of the molecule is Cc1cc(N2CC3(CNC3)C2)cc(C)n1.O=C(O)C(F)(F)F.O=C(O)C(F)(F)F. The van der Waals surface area contributed by atoms with Crippen molar-refractivity contribution in [3.8, 4) is 0 Å². The Morgan fingerprint density at radius 2 is 1.31 bits per heavy atom. The lowest BCUT2D eigenvalue weighted by molar-refractivity contribution is -0.193. The number of rotatable bonds is 1. The number of nitrogens with zero attached hydrogens (tertiary/aromatic N) is 2. The molecule has 164 valence electrons. The smallest absolute Gasteiger partial charge is 0.475 e. The first kappa shape index (κ1) is 24.5. The summed E-state index contributed by atoms with van der Waals surface area (Å²) in [5.41, 5.74) is 4.19. The van der Waals surface area contributed by atoms with E-state index in [1.807, 2.05) is 0 Å². The van der Waals surface area contributed by atoms with E-state index >= 15 is 0 Å². The topological polar surface area (TPSA) is 103 Å². The highest BCUT2D eigenvalue weighted by atomic mass is 19.4. The van der Waals surface area contributed by atoms with Crippen LogP contribution < -0.4 is 10.2 Å². The number of aliphatic carboxylic acids is 2. The van der Waals surface area contributed by atoms with Crippen LogP contribution in [0.3, 0.4) is 0 Å². The van der Waals surface area contributed by atoms with Crippen molar-refractivity contribution in [1.82, 2.24) is 10.3 Å². The van der Waals surface area contributed by atoms with Crippen LogP contribution in [-0.2, 0) is 9.59 Å². The van der Waals surface area contributed by atoms with Gasteiger partial charge in [-0.25, -0.2) is 9.59 Å². The zero-order chi connectivity index (χ0) is 22.6. The van der Waals surface area contributed by atoms with Crippen LogP contribution in [0.1, 0.15) is 11.4 Å². The molecule has 0 saturated carbocycles. The Kier molecular flexibility index (Phi) is 7.46. The molecule has 1 spiro atoms. The Morgan fingerprint density at radius 1 is 0.966 bits per heavy atom. The first-order valence-electron chi connectivity index (χ1n) is 8.07. The maximum Gasteiger partial charge on any atom is 0.490 e. The van der Waals surface area contributed by atoms with E-state index in [-0.39, 0.29) is 0 Å². The van der Waals surface area contributed by atoms with Crippen LogP contribution in [-0.4, -0.2) is 65.7 Å². The maximum atomic E-state index is 10.6. The molecular formula is C16H19F6N3O4. The summed E-state index contributed by atoms with van der Waals surface area (Å²) >= 11 is 0. The van der Waals surface area contributed by atoms with Crippen LogP contribution in [0.2, 0.25) is 0 Å². The standard InChI is InChI=1S/C12H17N3.2C2HF3O2/c1-9-3-11(4-10(2)14-9)15-7-12(8-15)5-13-6-12;2*3-2(4,5)1(6)7/h3-4,13H,5-8H2,1-2H3;2*(H,6,7). The summed E-state index contributed by atoms with van der Waals surface area (Å²) in [5.74, 6) is -5.51. The minimum atomic E-state index is -5.08. The van der Waals surface area contributed by atoms with Gasteiger partial charge in [0.1, 0.15) is 0 Å². The van der Waals surface area contributed by atoms with Gasteiger partial charge in [-0.3, -0.25) is 4.98 Å². The van der Waals surface area contributed by atoms with Crippen molar-refractivity contribution in [2.75, 3.05) is 31.1 Å². The minimum Gasteiger partial charge on any atom is -0.475 e. The molecular weight excluding hydrogens is 412 g/mol. The fourth-order valence-electron chi connectivity index (χ4n) is 2.64. The summed E-state index contributed by atoms with van der Waals surface area (Å²) in [4.78, 5) is 24.7. The number of carboxylic acid groups (broad SMARTS) is 2. The first-order chi connectivity index (χ1) is 13.1. The second-order valence-corrected chi connectivity index (χ2v) is 6.67. The van der Waals surface area contributed by atoms with Crippen LogP contribution in [0.4, 0.5) is 32.0 Å². The van der Waals surface area contributed by atoms with Crippen LogP contribution in [0.15, 0.2) is 12.1 Å². The lowest BCUT2D eigenvalue weighted by Gasteiger charge is -2.57. The Labute approximate surface area is 161 Å². The molecule has 3 rings (SSSR count). The van der Waals surface area contributed by atoms with Crippen molar-refractivity contribution in [3.63, 3.8) is 0 Å². The average molecular weight is 431 g/mol. The monoisotopic (exact) mass is 431 g/mol. The first-order valence-corrected chi connectivity index (χ1v) is 8.07. The van der Waals surface area contributed by atoms with E-state index in [1.165, 1.54) is 31.9 Å². The molecule has 0 aliphatic carbocycles. The van der Waals surface area contributed by atoms with E-state index in [0.717, 1.165) is 11.4 Å². The lowest BCUT2D eigenvalue weighted by atomic mass is 9.74. The van der Waals surface area contributed by atoms with Crippen molar-refractivity contribution >= 4 is 17.6 Å². The average Bonchev–Trinajstić information content (AvgIpc) is 2.42. The summed E-state index contributed by atoms with van der Waals surface area (Å²) in [7, 11) is 0. The highest BCUT2D eigenvalue weighted by Gasteiger charge is 2.47. The summed E-state index contributed by atoms with van der Waals surface area (Å²) in [6.07, 6.45) is -10.2. The van der Waals surface area contributed by atoms with Crippen LogP contribution in [0.25, 0.3) is 0 Å². The van der Waals surface area contributed by atoms with Gasteiger partial charge in [0.15, 0.2) is 0 Å². The van der Waals surface area contributed by atoms with E-state index in [2.05, 4.69) is 41.2 Å². The van der Waals surface area contributed by atoms with Crippen LogP contribution in [0, 0.1) is 19.3 Å². The number of carboxylic acids is 2. The molecule has 1 aromatic heterocycles. The van der Waals surface area contributed by atoms with E-state index in [0.29, 0.717) is 5.41 Å². The third-order valence-electron chi connectivity index (χ3n) is 3.97. The fraction of sp³-hybridized carbons (Fsp3) is 0.562. The number of anilines is 1. The van der Waals surface area contributed by atoms with E-state index in [1.54, 1.807) is 0 Å². The summed E-state index contributed by atoms with van der Waals surface area (Å²) in [6.45, 7) is 8.96. The van der Waals surface area contributed by atoms with Gasteiger partial charge < -0.3 is 20.4 Å². The Balaban J connectivity index is 0.000000255. The highest BCUT2D eigenvalue weighted by molar-refractivity contribution is 5.73. The van der Waals surface area contributed by atoms with Crippen molar-refractivity contribution < 1.29 is 46.1 Å². The predicted octanol–water partition coefficient (Wildman–Crippen LogP) is 2.37. The fourth-order valence-corrected chi connectivity index (χ4v) is 2.64. The molecule has 3 heterocycles. The molecule has 7 nitrogen and oxygen atoms in total. The van der Waals surface area contributed by atoms with Gasteiger partial charge in [-0.05, 0) is 26.0 Å². The molecule has 1 aromatic rings. The molecule has 2 aliphatic rings. The zero-order valence-electron chi connectivity index (χ0n) is 15.4. The minimum absolute atomic E-state index is 0.602. The second-order valence-electron chi connectivity index (χ2n) is 6.67. The van der Waals surface area contributed by atoms with E-state index in [4.69, 9.17) is 19.8 Å². The van der Waals surface area contributed by atoms with Crippen molar-refractivity contribution in [2.24, 2.45) is 5.41 Å². The number of halogens is 6. The summed E-state index contributed by atoms with van der Waals surface area (Å²) < 4.78 is 63.5. The van der Waals surface area contributed by atoms with Gasteiger partial charge in [-0.2, -0.15) is 26.3 Å². The van der Waals surface area contributed by atoms with E-state index < -0.39 is 24.3 Å². The highest BCUT2D eigenvalue weighted by Crippen LogP contribution is 2.37. The molecule has 2 fully saturated rings. The quantitative estimate of drug-likeness (QED) is 0.587. The normalized spacial score (nSPS) is 17.0. The number of aryl methyl sites for hydroxylation is 2. The van der Waals surface area contributed by atoms with Gasteiger partial charge in [0, 0.05) is 48.7 Å². The van der Waals surface area contributed by atoms with Crippen LogP contribution in [0.5, 0.6) is 0 Å². The third-order valence-corrected chi connectivity index (χ3v) is 3.97. The molecule has 29 heavy (non-hydrogen) atoms. The van der Waals surface area contributed by atoms with Gasteiger partial charge in [0.05, 0.1) is 0 Å². The molecule has 2 saturated heterocycles. The van der Waals surface area contributed by atoms with Gasteiger partial charge in [-0.15, -0.1) is 0 Å². The second kappa shape index (κ2) is 8.84. The maximum absolute atomic E-state index is 10.6. The van der Waals surface area contributed by atoms with Crippen LogP contribution >= 0.6 is 0 Å². The van der Waals surface area contributed by atoms with Gasteiger partial charge in [0.25, 0.3) is 0 Å². The van der Waals surface area contributed by atoms with Gasteiger partial charge in [0.2, 0.25) is 0 Å². The number of pyridine rings is 1. The molecule has 0 radical (unpaired) electrons. The zero-order valence-corrected chi connectivity index (χ0v) is 15.4. The predicted molar refractivity (Wildman–Crippen MR) is 88.6 cm³/mol. The summed E-state index contributed by atoms with van der Waals surface area (Å²) in [6, 6.07) is 4.37. The van der Waals surface area contributed by atoms with E-state index in [9.17, 15) is 26.3 Å². The number of nitrogens with one attached hydrogen (secondary N) is 1. The molecule has 3 N–H and O–H groups in total. The lowest BCUT2D eigenvalue weighted by Crippen LogP contribution is -2.71. The van der Waals surface area contributed by atoms with Crippen molar-refractivity contribution in [2.45, 2.75) is 26.2 Å². The molecule has 0 aromatic carbocycles. The molecule has 13 heteroatoms. The van der Waals surface area contributed by atoms with Crippen molar-refractivity contribution in [1.29, 1.82) is 0 Å².